The van der Waals surface area contributed by atoms with Gasteiger partial charge in [-0.3, -0.25) is 9.59 Å². The lowest BCUT2D eigenvalue weighted by Gasteiger charge is -2.18. The van der Waals surface area contributed by atoms with Crippen LogP contribution in [-0.2, 0) is 16.0 Å². The summed E-state index contributed by atoms with van der Waals surface area (Å²) in [5, 5.41) is 2.97. The van der Waals surface area contributed by atoms with E-state index in [-0.39, 0.29) is 24.2 Å². The molecule has 1 fully saturated rings. The Hall–Kier alpha value is -2.62. The Morgan fingerprint density at radius 1 is 1.12 bits per heavy atom. The van der Waals surface area contributed by atoms with E-state index in [0.717, 1.165) is 23.2 Å². The molecule has 2 amide bonds. The second-order valence-corrected chi connectivity index (χ2v) is 6.78. The van der Waals surface area contributed by atoms with E-state index in [1.54, 1.807) is 4.90 Å². The minimum atomic E-state index is -0.274. The summed E-state index contributed by atoms with van der Waals surface area (Å²) >= 11 is 0. The van der Waals surface area contributed by atoms with Crippen LogP contribution in [0.25, 0.3) is 0 Å². The first-order chi connectivity index (χ1) is 12.0. The maximum atomic E-state index is 12.4. The summed E-state index contributed by atoms with van der Waals surface area (Å²) in [7, 11) is 0. The van der Waals surface area contributed by atoms with Crippen molar-refractivity contribution in [2.75, 3.05) is 18.0 Å². The van der Waals surface area contributed by atoms with Gasteiger partial charge >= 0.3 is 0 Å². The zero-order chi connectivity index (χ0) is 17.8. The number of carbonyl (C=O) groups excluding carboxylic acids is 2. The molecule has 0 saturated carbocycles. The van der Waals surface area contributed by atoms with Crippen LogP contribution < -0.4 is 10.2 Å². The Balaban J connectivity index is 1.57. The molecule has 4 nitrogen and oxygen atoms in total. The van der Waals surface area contributed by atoms with Gasteiger partial charge in [-0.25, -0.2) is 0 Å². The Kier molecular flexibility index (Phi) is 5.17. The molecule has 1 unspecified atom stereocenters. The molecule has 4 heteroatoms. The van der Waals surface area contributed by atoms with Gasteiger partial charge in [0.05, 0.1) is 5.92 Å². The van der Waals surface area contributed by atoms with Crippen molar-refractivity contribution in [1.82, 2.24) is 5.32 Å². The highest BCUT2D eigenvalue weighted by Gasteiger charge is 2.35. The van der Waals surface area contributed by atoms with E-state index in [1.807, 2.05) is 56.3 Å². The fraction of sp³-hybridized carbons (Fsp3) is 0.333. The van der Waals surface area contributed by atoms with Gasteiger partial charge in [-0.2, -0.15) is 0 Å². The third-order valence-corrected chi connectivity index (χ3v) is 4.57. The molecule has 1 aliphatic rings. The number of nitrogens with one attached hydrogen (secondary N) is 1. The number of aryl methyl sites for hydroxylation is 2. The number of hydrogen-bond acceptors (Lipinski definition) is 2. The summed E-state index contributed by atoms with van der Waals surface area (Å²) in [6.45, 7) is 5.09. The Bertz CT molecular complexity index is 750. The molecule has 2 aromatic carbocycles. The average molecular weight is 336 g/mol. The molecule has 0 spiro atoms. The molecule has 25 heavy (non-hydrogen) atoms. The summed E-state index contributed by atoms with van der Waals surface area (Å²) in [6, 6.07) is 16.1. The van der Waals surface area contributed by atoms with E-state index in [2.05, 4.69) is 11.4 Å². The first-order valence-electron chi connectivity index (χ1n) is 8.73. The van der Waals surface area contributed by atoms with Crippen molar-refractivity contribution in [1.29, 1.82) is 0 Å². The van der Waals surface area contributed by atoms with Gasteiger partial charge in [-0.15, -0.1) is 0 Å². The molecule has 1 saturated heterocycles. The van der Waals surface area contributed by atoms with Gasteiger partial charge in [0.15, 0.2) is 0 Å². The molecule has 1 atom stereocenters. The van der Waals surface area contributed by atoms with E-state index in [9.17, 15) is 9.59 Å². The monoisotopic (exact) mass is 336 g/mol. The number of nitrogens with zero attached hydrogens (tertiary/aromatic N) is 1. The van der Waals surface area contributed by atoms with Gasteiger partial charge in [0.25, 0.3) is 0 Å². The summed E-state index contributed by atoms with van der Waals surface area (Å²) in [5.41, 5.74) is 4.33. The molecule has 0 bridgehead atoms. The van der Waals surface area contributed by atoms with Crippen molar-refractivity contribution in [3.63, 3.8) is 0 Å². The molecule has 2 aromatic rings. The van der Waals surface area contributed by atoms with Crippen LogP contribution in [0.15, 0.2) is 48.5 Å². The third kappa shape index (κ3) is 4.27. The largest absolute Gasteiger partial charge is 0.355 e. The molecule has 1 N–H and O–H groups in total. The van der Waals surface area contributed by atoms with Crippen LogP contribution in [0.4, 0.5) is 5.69 Å². The summed E-state index contributed by atoms with van der Waals surface area (Å²) in [6.07, 6.45) is 1.08. The molecule has 0 aromatic heterocycles. The SMILES string of the molecule is Cc1cc(C)cc(N2CC(C(=O)NCCc3ccccc3)CC2=O)c1. The average Bonchev–Trinajstić information content (AvgIpc) is 2.97. The maximum Gasteiger partial charge on any atom is 0.227 e. The Morgan fingerprint density at radius 2 is 1.80 bits per heavy atom. The van der Waals surface area contributed by atoms with Crippen molar-refractivity contribution in [2.24, 2.45) is 5.92 Å². The van der Waals surface area contributed by atoms with Gasteiger partial charge in [-0.05, 0) is 49.1 Å². The van der Waals surface area contributed by atoms with E-state index >= 15 is 0 Å². The van der Waals surface area contributed by atoms with Gasteiger partial charge in [0.1, 0.15) is 0 Å². The summed E-state index contributed by atoms with van der Waals surface area (Å²) in [5.74, 6) is -0.284. The van der Waals surface area contributed by atoms with Crippen LogP contribution in [0.2, 0.25) is 0 Å². The van der Waals surface area contributed by atoms with Crippen molar-refractivity contribution in [3.8, 4) is 0 Å². The van der Waals surface area contributed by atoms with E-state index in [0.29, 0.717) is 13.1 Å². The third-order valence-electron chi connectivity index (χ3n) is 4.57. The molecule has 3 rings (SSSR count). The van der Waals surface area contributed by atoms with Crippen LogP contribution in [0, 0.1) is 19.8 Å². The van der Waals surface area contributed by atoms with Crippen LogP contribution >= 0.6 is 0 Å². The predicted octanol–water partition coefficient (Wildman–Crippen LogP) is 3.02. The zero-order valence-electron chi connectivity index (χ0n) is 14.8. The molecule has 0 aliphatic carbocycles. The molecular weight excluding hydrogens is 312 g/mol. The standard InChI is InChI=1S/C21H24N2O2/c1-15-10-16(2)12-19(11-15)23-14-18(13-20(23)24)21(25)22-9-8-17-6-4-3-5-7-17/h3-7,10-12,18H,8-9,13-14H2,1-2H3,(H,22,25). The lowest BCUT2D eigenvalue weighted by Crippen LogP contribution is -2.34. The second kappa shape index (κ2) is 7.51. The molecule has 130 valence electrons. The Labute approximate surface area is 148 Å². The fourth-order valence-corrected chi connectivity index (χ4v) is 3.36. The molecule has 1 heterocycles. The predicted molar refractivity (Wildman–Crippen MR) is 99.5 cm³/mol. The Morgan fingerprint density at radius 3 is 2.48 bits per heavy atom. The molecule has 0 radical (unpaired) electrons. The highest BCUT2D eigenvalue weighted by Crippen LogP contribution is 2.27. The van der Waals surface area contributed by atoms with Crippen molar-refractivity contribution in [2.45, 2.75) is 26.7 Å². The van der Waals surface area contributed by atoms with E-state index in [1.165, 1.54) is 5.56 Å². The number of amides is 2. The van der Waals surface area contributed by atoms with Crippen LogP contribution in [0.1, 0.15) is 23.1 Å². The number of hydrogen-bond donors (Lipinski definition) is 1. The van der Waals surface area contributed by atoms with Gasteiger partial charge in [0.2, 0.25) is 11.8 Å². The lowest BCUT2D eigenvalue weighted by atomic mass is 10.1. The topological polar surface area (TPSA) is 49.4 Å². The van der Waals surface area contributed by atoms with Crippen molar-refractivity contribution < 1.29 is 9.59 Å². The maximum absolute atomic E-state index is 12.4. The minimum Gasteiger partial charge on any atom is -0.355 e. The summed E-state index contributed by atoms with van der Waals surface area (Å²) in [4.78, 5) is 26.5. The van der Waals surface area contributed by atoms with Crippen LogP contribution in [0.3, 0.4) is 0 Å². The summed E-state index contributed by atoms with van der Waals surface area (Å²) < 4.78 is 0. The van der Waals surface area contributed by atoms with Gasteiger partial charge in [-0.1, -0.05) is 36.4 Å². The first kappa shape index (κ1) is 17.2. The van der Waals surface area contributed by atoms with Gasteiger partial charge < -0.3 is 10.2 Å². The van der Waals surface area contributed by atoms with E-state index in [4.69, 9.17) is 0 Å². The van der Waals surface area contributed by atoms with Gasteiger partial charge in [0, 0.05) is 25.2 Å². The smallest absolute Gasteiger partial charge is 0.227 e. The zero-order valence-corrected chi connectivity index (χ0v) is 14.8. The normalized spacial score (nSPS) is 17.0. The highest BCUT2D eigenvalue weighted by atomic mass is 16.2. The minimum absolute atomic E-state index is 0.0215. The van der Waals surface area contributed by atoms with E-state index < -0.39 is 0 Å². The van der Waals surface area contributed by atoms with Crippen molar-refractivity contribution >= 4 is 17.5 Å². The molecule has 1 aliphatic heterocycles. The lowest BCUT2D eigenvalue weighted by molar-refractivity contribution is -0.126. The number of carbonyl (C=O) groups is 2. The number of rotatable bonds is 5. The van der Waals surface area contributed by atoms with Crippen LogP contribution in [-0.4, -0.2) is 24.9 Å². The second-order valence-electron chi connectivity index (χ2n) is 6.78. The first-order valence-corrected chi connectivity index (χ1v) is 8.73. The van der Waals surface area contributed by atoms with Crippen molar-refractivity contribution in [3.05, 3.63) is 65.2 Å². The quantitative estimate of drug-likeness (QED) is 0.912. The van der Waals surface area contributed by atoms with Crippen LogP contribution in [0.5, 0.6) is 0 Å². The number of benzene rings is 2. The number of anilines is 1. The molecular formula is C21H24N2O2. The fourth-order valence-electron chi connectivity index (χ4n) is 3.36. The highest BCUT2D eigenvalue weighted by molar-refractivity contribution is 6.00.